The van der Waals surface area contributed by atoms with E-state index in [1.54, 1.807) is 30.0 Å². The van der Waals surface area contributed by atoms with Crippen LogP contribution < -0.4 is 5.32 Å². The average molecular weight is 264 g/mol. The van der Waals surface area contributed by atoms with Gasteiger partial charge in [-0.05, 0) is 19.4 Å². The molecule has 1 fully saturated rings. The van der Waals surface area contributed by atoms with Gasteiger partial charge in [-0.2, -0.15) is 0 Å². The number of nitrogens with one attached hydrogen (secondary N) is 1. The van der Waals surface area contributed by atoms with E-state index in [1.165, 1.54) is 6.07 Å². The van der Waals surface area contributed by atoms with Crippen LogP contribution in [0.2, 0.25) is 0 Å². The summed E-state index contributed by atoms with van der Waals surface area (Å²) in [7, 11) is 0. The highest BCUT2D eigenvalue weighted by Gasteiger charge is 2.29. The van der Waals surface area contributed by atoms with Crippen LogP contribution in [0.1, 0.15) is 25.3 Å². The molecular formula is C14H17FN2O2. The summed E-state index contributed by atoms with van der Waals surface area (Å²) in [5, 5.41) is 2.66. The van der Waals surface area contributed by atoms with Crippen molar-refractivity contribution in [3.8, 4) is 0 Å². The molecule has 102 valence electrons. The zero-order valence-electron chi connectivity index (χ0n) is 10.9. The van der Waals surface area contributed by atoms with Gasteiger partial charge < -0.3 is 10.2 Å². The molecule has 1 atom stereocenters. The number of nitrogens with zero attached hydrogens (tertiary/aromatic N) is 1. The van der Waals surface area contributed by atoms with Gasteiger partial charge in [0.25, 0.3) is 0 Å². The van der Waals surface area contributed by atoms with Gasteiger partial charge in [0, 0.05) is 25.1 Å². The van der Waals surface area contributed by atoms with Gasteiger partial charge in [-0.3, -0.25) is 9.59 Å². The van der Waals surface area contributed by atoms with E-state index in [1.807, 2.05) is 0 Å². The van der Waals surface area contributed by atoms with E-state index < -0.39 is 6.04 Å². The van der Waals surface area contributed by atoms with E-state index in [2.05, 4.69) is 5.32 Å². The Labute approximate surface area is 111 Å². The number of rotatable bonds is 4. The number of likely N-dealkylation sites (tertiary alicyclic amines) is 1. The van der Waals surface area contributed by atoms with Gasteiger partial charge in [0.15, 0.2) is 0 Å². The van der Waals surface area contributed by atoms with Crippen molar-refractivity contribution in [1.82, 2.24) is 10.2 Å². The van der Waals surface area contributed by atoms with Crippen LogP contribution in [-0.2, 0) is 16.1 Å². The summed E-state index contributed by atoms with van der Waals surface area (Å²) in [6.07, 6.45) is 1.30. The molecule has 2 amide bonds. The van der Waals surface area contributed by atoms with Crippen LogP contribution in [0.3, 0.4) is 0 Å². The van der Waals surface area contributed by atoms with Gasteiger partial charge in [0.1, 0.15) is 11.9 Å². The molecule has 1 aromatic rings. The maximum absolute atomic E-state index is 13.4. The first-order chi connectivity index (χ1) is 9.09. The number of amides is 2. The van der Waals surface area contributed by atoms with Crippen LogP contribution in [0.5, 0.6) is 0 Å². The van der Waals surface area contributed by atoms with Gasteiger partial charge in [0.2, 0.25) is 11.8 Å². The van der Waals surface area contributed by atoms with E-state index in [-0.39, 0.29) is 24.2 Å². The molecule has 19 heavy (non-hydrogen) atoms. The second kappa shape index (κ2) is 5.82. The molecule has 0 aromatic heterocycles. The molecule has 2 rings (SSSR count). The quantitative estimate of drug-likeness (QED) is 0.895. The largest absolute Gasteiger partial charge is 0.350 e. The van der Waals surface area contributed by atoms with Crippen LogP contribution in [0.4, 0.5) is 4.39 Å². The minimum absolute atomic E-state index is 0.00791. The molecule has 0 spiro atoms. The number of carbonyl (C=O) groups excluding carboxylic acids is 2. The third-order valence-electron chi connectivity index (χ3n) is 3.37. The smallest absolute Gasteiger partial charge is 0.242 e. The van der Waals surface area contributed by atoms with Gasteiger partial charge >= 0.3 is 0 Å². The van der Waals surface area contributed by atoms with E-state index in [0.717, 1.165) is 6.42 Å². The Morgan fingerprint density at radius 2 is 2.21 bits per heavy atom. The molecule has 1 aromatic carbocycles. The predicted octanol–water partition coefficient (Wildman–Crippen LogP) is 1.45. The standard InChI is InChI=1S/C14H17FN2O2/c1-10(17-8-4-7-13(17)18)14(19)16-9-11-5-2-3-6-12(11)15/h2-3,5-6,10H,4,7-9H2,1H3,(H,16,19)/t10-/m0/s1. The molecule has 0 aliphatic carbocycles. The summed E-state index contributed by atoms with van der Waals surface area (Å²) in [4.78, 5) is 25.0. The van der Waals surface area contributed by atoms with Crippen molar-refractivity contribution in [2.45, 2.75) is 32.4 Å². The summed E-state index contributed by atoms with van der Waals surface area (Å²) in [6, 6.07) is 5.81. The predicted molar refractivity (Wildman–Crippen MR) is 68.7 cm³/mol. The Bertz CT molecular complexity index is 490. The molecule has 1 aliphatic rings. The Kier molecular flexibility index (Phi) is 4.14. The molecule has 4 nitrogen and oxygen atoms in total. The first-order valence-corrected chi connectivity index (χ1v) is 6.40. The van der Waals surface area contributed by atoms with Crippen LogP contribution in [0.25, 0.3) is 0 Å². The van der Waals surface area contributed by atoms with Crippen LogP contribution in [0, 0.1) is 5.82 Å². The zero-order valence-corrected chi connectivity index (χ0v) is 10.9. The maximum atomic E-state index is 13.4. The summed E-state index contributed by atoms with van der Waals surface area (Å²) in [5.74, 6) is -0.584. The SMILES string of the molecule is C[C@@H](C(=O)NCc1ccccc1F)N1CCCC1=O. The number of benzene rings is 1. The Balaban J connectivity index is 1.91. The Morgan fingerprint density at radius 3 is 2.84 bits per heavy atom. The molecule has 0 unspecified atom stereocenters. The lowest BCUT2D eigenvalue weighted by Gasteiger charge is -2.23. The number of halogens is 1. The Morgan fingerprint density at radius 1 is 1.47 bits per heavy atom. The molecule has 0 saturated carbocycles. The second-order valence-corrected chi connectivity index (χ2v) is 4.68. The third kappa shape index (κ3) is 3.10. The molecule has 1 heterocycles. The topological polar surface area (TPSA) is 49.4 Å². The first kappa shape index (κ1) is 13.5. The van der Waals surface area contributed by atoms with E-state index in [4.69, 9.17) is 0 Å². The highest BCUT2D eigenvalue weighted by molar-refractivity contribution is 5.88. The van der Waals surface area contributed by atoms with Gasteiger partial charge in [-0.1, -0.05) is 18.2 Å². The molecular weight excluding hydrogens is 247 g/mol. The van der Waals surface area contributed by atoms with Crippen molar-refractivity contribution >= 4 is 11.8 Å². The Hall–Kier alpha value is -1.91. The molecule has 1 aliphatic heterocycles. The lowest BCUT2D eigenvalue weighted by atomic mass is 10.2. The average Bonchev–Trinajstić information content (AvgIpc) is 2.83. The third-order valence-corrected chi connectivity index (χ3v) is 3.37. The van der Waals surface area contributed by atoms with Crippen molar-refractivity contribution in [1.29, 1.82) is 0 Å². The number of carbonyl (C=O) groups is 2. The number of hydrogen-bond acceptors (Lipinski definition) is 2. The molecule has 0 radical (unpaired) electrons. The van der Waals surface area contributed by atoms with Crippen molar-refractivity contribution in [3.05, 3.63) is 35.6 Å². The lowest BCUT2D eigenvalue weighted by Crippen LogP contribution is -2.45. The first-order valence-electron chi connectivity index (χ1n) is 6.40. The van der Waals surface area contributed by atoms with E-state index in [0.29, 0.717) is 18.5 Å². The normalized spacial score (nSPS) is 16.5. The molecule has 5 heteroatoms. The van der Waals surface area contributed by atoms with Crippen LogP contribution in [-0.4, -0.2) is 29.3 Å². The molecule has 1 N–H and O–H groups in total. The summed E-state index contributed by atoms with van der Waals surface area (Å²) in [6.45, 7) is 2.45. The molecule has 0 bridgehead atoms. The molecule has 1 saturated heterocycles. The van der Waals surface area contributed by atoms with Crippen molar-refractivity contribution in [2.24, 2.45) is 0 Å². The van der Waals surface area contributed by atoms with E-state index >= 15 is 0 Å². The minimum Gasteiger partial charge on any atom is -0.350 e. The van der Waals surface area contributed by atoms with Gasteiger partial charge in [0.05, 0.1) is 0 Å². The number of hydrogen-bond donors (Lipinski definition) is 1. The fraction of sp³-hybridized carbons (Fsp3) is 0.429. The van der Waals surface area contributed by atoms with Crippen molar-refractivity contribution in [3.63, 3.8) is 0 Å². The van der Waals surface area contributed by atoms with Crippen LogP contribution in [0.15, 0.2) is 24.3 Å². The van der Waals surface area contributed by atoms with Crippen molar-refractivity contribution < 1.29 is 14.0 Å². The van der Waals surface area contributed by atoms with Gasteiger partial charge in [-0.15, -0.1) is 0 Å². The van der Waals surface area contributed by atoms with Crippen molar-refractivity contribution in [2.75, 3.05) is 6.54 Å². The summed E-state index contributed by atoms with van der Waals surface area (Å²) < 4.78 is 13.4. The monoisotopic (exact) mass is 264 g/mol. The highest BCUT2D eigenvalue weighted by atomic mass is 19.1. The van der Waals surface area contributed by atoms with Crippen LogP contribution >= 0.6 is 0 Å². The minimum atomic E-state index is -0.498. The zero-order chi connectivity index (χ0) is 13.8. The fourth-order valence-electron chi connectivity index (χ4n) is 2.19. The lowest BCUT2D eigenvalue weighted by molar-refractivity contribution is -0.136. The second-order valence-electron chi connectivity index (χ2n) is 4.68. The van der Waals surface area contributed by atoms with E-state index in [9.17, 15) is 14.0 Å². The summed E-state index contributed by atoms with van der Waals surface area (Å²) >= 11 is 0. The fourth-order valence-corrected chi connectivity index (χ4v) is 2.19. The maximum Gasteiger partial charge on any atom is 0.242 e. The highest BCUT2D eigenvalue weighted by Crippen LogP contribution is 2.13. The summed E-state index contributed by atoms with van der Waals surface area (Å²) in [5.41, 5.74) is 0.441. The van der Waals surface area contributed by atoms with Gasteiger partial charge in [-0.25, -0.2) is 4.39 Å².